The Morgan fingerprint density at radius 3 is 3.17 bits per heavy atom. The number of aromatic amines is 1. The van der Waals surface area contributed by atoms with Gasteiger partial charge < -0.3 is 4.98 Å². The molecule has 2 rings (SSSR count). The first kappa shape index (κ1) is 7.31. The number of aromatic nitrogens is 2. The van der Waals surface area contributed by atoms with Gasteiger partial charge in [0.15, 0.2) is 6.29 Å². The van der Waals surface area contributed by atoms with Crippen LogP contribution >= 0.6 is 11.6 Å². The van der Waals surface area contributed by atoms with E-state index in [-0.39, 0.29) is 0 Å². The number of rotatable bonds is 1. The van der Waals surface area contributed by atoms with Crippen LogP contribution in [0.15, 0.2) is 18.5 Å². The van der Waals surface area contributed by atoms with Gasteiger partial charge in [-0.15, -0.1) is 0 Å². The molecule has 0 amide bonds. The number of hydrogen-bond donors (Lipinski definition) is 1. The summed E-state index contributed by atoms with van der Waals surface area (Å²) >= 11 is 5.84. The summed E-state index contributed by atoms with van der Waals surface area (Å²) < 4.78 is 0. The van der Waals surface area contributed by atoms with Gasteiger partial charge >= 0.3 is 0 Å². The minimum Gasteiger partial charge on any atom is -0.358 e. The SMILES string of the molecule is O=Cc1c[nH]c2c(Cl)ccnc12. The van der Waals surface area contributed by atoms with Crippen LogP contribution in [0.5, 0.6) is 0 Å². The summed E-state index contributed by atoms with van der Waals surface area (Å²) in [4.78, 5) is 17.4. The van der Waals surface area contributed by atoms with E-state index in [0.717, 1.165) is 6.29 Å². The lowest BCUT2D eigenvalue weighted by molar-refractivity contribution is 0.112. The molecular formula is C8H5ClN2O. The van der Waals surface area contributed by atoms with E-state index in [1.165, 1.54) is 0 Å². The molecule has 2 aromatic heterocycles. The summed E-state index contributed by atoms with van der Waals surface area (Å²) in [5.41, 5.74) is 1.87. The van der Waals surface area contributed by atoms with Gasteiger partial charge in [0, 0.05) is 12.4 Å². The molecule has 0 aliphatic carbocycles. The van der Waals surface area contributed by atoms with Crippen LogP contribution in [0.3, 0.4) is 0 Å². The molecule has 0 saturated heterocycles. The molecule has 0 spiro atoms. The maximum absolute atomic E-state index is 10.5. The van der Waals surface area contributed by atoms with Crippen LogP contribution in [0, 0.1) is 0 Å². The maximum atomic E-state index is 10.5. The smallest absolute Gasteiger partial charge is 0.153 e. The predicted octanol–water partition coefficient (Wildman–Crippen LogP) is 2.03. The molecule has 12 heavy (non-hydrogen) atoms. The lowest BCUT2D eigenvalue weighted by atomic mass is 10.3. The molecule has 0 saturated carbocycles. The molecule has 0 unspecified atom stereocenters. The summed E-state index contributed by atoms with van der Waals surface area (Å²) in [6, 6.07) is 1.68. The molecule has 60 valence electrons. The number of halogens is 1. The van der Waals surface area contributed by atoms with Crippen LogP contribution in [0.25, 0.3) is 11.0 Å². The van der Waals surface area contributed by atoms with Gasteiger partial charge in [0.1, 0.15) is 0 Å². The Labute approximate surface area is 73.4 Å². The first-order valence-corrected chi connectivity index (χ1v) is 3.77. The standard InChI is InChI=1S/C8H5ClN2O/c9-6-1-2-10-7-5(4-12)3-11-8(6)7/h1-4,11H. The highest BCUT2D eigenvalue weighted by molar-refractivity contribution is 6.35. The van der Waals surface area contributed by atoms with Crippen molar-refractivity contribution in [3.8, 4) is 0 Å². The largest absolute Gasteiger partial charge is 0.358 e. The average molecular weight is 181 g/mol. The lowest BCUT2D eigenvalue weighted by Crippen LogP contribution is -1.79. The van der Waals surface area contributed by atoms with E-state index in [1.54, 1.807) is 18.5 Å². The Hall–Kier alpha value is -1.35. The fourth-order valence-electron chi connectivity index (χ4n) is 1.10. The summed E-state index contributed by atoms with van der Waals surface area (Å²) in [7, 11) is 0. The van der Waals surface area contributed by atoms with E-state index < -0.39 is 0 Å². The van der Waals surface area contributed by atoms with Crippen molar-refractivity contribution in [2.45, 2.75) is 0 Å². The summed E-state index contributed by atoms with van der Waals surface area (Å²) in [5, 5.41) is 0.577. The Morgan fingerprint density at radius 1 is 1.58 bits per heavy atom. The van der Waals surface area contributed by atoms with Gasteiger partial charge in [0.05, 0.1) is 21.6 Å². The number of carbonyl (C=O) groups is 1. The molecule has 0 aliphatic rings. The Bertz CT molecular complexity index is 436. The molecule has 0 bridgehead atoms. The van der Waals surface area contributed by atoms with Crippen molar-refractivity contribution in [1.29, 1.82) is 0 Å². The van der Waals surface area contributed by atoms with Crippen LogP contribution in [-0.4, -0.2) is 16.3 Å². The highest BCUT2D eigenvalue weighted by atomic mass is 35.5. The molecule has 0 aromatic carbocycles. The van der Waals surface area contributed by atoms with Crippen LogP contribution in [0.4, 0.5) is 0 Å². The Kier molecular flexibility index (Phi) is 1.59. The normalized spacial score (nSPS) is 10.4. The molecule has 3 nitrogen and oxygen atoms in total. The summed E-state index contributed by atoms with van der Waals surface area (Å²) in [6.07, 6.45) is 3.92. The first-order chi connectivity index (χ1) is 5.83. The second-order valence-electron chi connectivity index (χ2n) is 2.38. The van der Waals surface area contributed by atoms with E-state index >= 15 is 0 Å². The van der Waals surface area contributed by atoms with E-state index in [1.807, 2.05) is 0 Å². The molecule has 2 aromatic rings. The summed E-state index contributed by atoms with van der Waals surface area (Å²) in [6.45, 7) is 0. The zero-order valence-electron chi connectivity index (χ0n) is 6.04. The zero-order chi connectivity index (χ0) is 8.55. The van der Waals surface area contributed by atoms with Crippen molar-refractivity contribution in [3.63, 3.8) is 0 Å². The maximum Gasteiger partial charge on any atom is 0.153 e. The van der Waals surface area contributed by atoms with Crippen molar-refractivity contribution in [2.24, 2.45) is 0 Å². The highest BCUT2D eigenvalue weighted by Gasteiger charge is 2.05. The number of aldehydes is 1. The molecular weight excluding hydrogens is 176 g/mol. The number of H-pyrrole nitrogens is 1. The minimum atomic E-state index is 0.535. The van der Waals surface area contributed by atoms with Crippen molar-refractivity contribution < 1.29 is 4.79 Å². The molecule has 4 heteroatoms. The number of pyridine rings is 1. The number of nitrogens with one attached hydrogen (secondary N) is 1. The van der Waals surface area contributed by atoms with E-state index in [4.69, 9.17) is 11.6 Å². The van der Waals surface area contributed by atoms with E-state index in [2.05, 4.69) is 9.97 Å². The third-order valence-electron chi connectivity index (χ3n) is 1.67. The highest BCUT2D eigenvalue weighted by Crippen LogP contribution is 2.21. The van der Waals surface area contributed by atoms with Gasteiger partial charge in [-0.1, -0.05) is 11.6 Å². The Morgan fingerprint density at radius 2 is 2.42 bits per heavy atom. The van der Waals surface area contributed by atoms with E-state index in [0.29, 0.717) is 21.6 Å². The second kappa shape index (κ2) is 2.60. The number of carbonyl (C=O) groups excluding carboxylic acids is 1. The zero-order valence-corrected chi connectivity index (χ0v) is 6.80. The van der Waals surface area contributed by atoms with Gasteiger partial charge in [0.2, 0.25) is 0 Å². The van der Waals surface area contributed by atoms with Crippen molar-refractivity contribution >= 4 is 28.9 Å². The van der Waals surface area contributed by atoms with Crippen LogP contribution in [0.2, 0.25) is 5.02 Å². The fraction of sp³-hybridized carbons (Fsp3) is 0. The van der Waals surface area contributed by atoms with Gasteiger partial charge in [0.25, 0.3) is 0 Å². The molecule has 0 atom stereocenters. The molecule has 2 heterocycles. The van der Waals surface area contributed by atoms with Gasteiger partial charge in [-0.25, -0.2) is 0 Å². The third kappa shape index (κ3) is 0.905. The van der Waals surface area contributed by atoms with Crippen molar-refractivity contribution in [1.82, 2.24) is 9.97 Å². The summed E-state index contributed by atoms with van der Waals surface area (Å²) in [5.74, 6) is 0. The van der Waals surface area contributed by atoms with E-state index in [9.17, 15) is 4.79 Å². The fourth-order valence-corrected chi connectivity index (χ4v) is 1.30. The lowest BCUT2D eigenvalue weighted by Gasteiger charge is -1.91. The van der Waals surface area contributed by atoms with Gasteiger partial charge in [-0.3, -0.25) is 9.78 Å². The second-order valence-corrected chi connectivity index (χ2v) is 2.79. The Balaban J connectivity index is 2.88. The van der Waals surface area contributed by atoms with Crippen LogP contribution in [-0.2, 0) is 0 Å². The molecule has 0 aliphatic heterocycles. The average Bonchev–Trinajstić information content (AvgIpc) is 2.49. The third-order valence-corrected chi connectivity index (χ3v) is 1.99. The van der Waals surface area contributed by atoms with Crippen molar-refractivity contribution in [2.75, 3.05) is 0 Å². The molecule has 1 N–H and O–H groups in total. The van der Waals surface area contributed by atoms with Crippen molar-refractivity contribution in [3.05, 3.63) is 29.0 Å². The predicted molar refractivity (Wildman–Crippen MR) is 46.5 cm³/mol. The van der Waals surface area contributed by atoms with Gasteiger partial charge in [-0.2, -0.15) is 0 Å². The quantitative estimate of drug-likeness (QED) is 0.683. The van der Waals surface area contributed by atoms with Crippen LogP contribution < -0.4 is 0 Å². The number of nitrogens with zero attached hydrogens (tertiary/aromatic N) is 1. The topological polar surface area (TPSA) is 45.8 Å². The van der Waals surface area contributed by atoms with Crippen LogP contribution in [0.1, 0.15) is 10.4 Å². The number of fused-ring (bicyclic) bond motifs is 1. The number of hydrogen-bond acceptors (Lipinski definition) is 2. The molecule has 0 fully saturated rings. The molecule has 0 radical (unpaired) electrons. The monoisotopic (exact) mass is 180 g/mol. The minimum absolute atomic E-state index is 0.535. The van der Waals surface area contributed by atoms with Gasteiger partial charge in [-0.05, 0) is 6.07 Å². The first-order valence-electron chi connectivity index (χ1n) is 3.39.